The van der Waals surface area contributed by atoms with E-state index in [2.05, 4.69) is 20.5 Å². The molecule has 1 atom stereocenters. The molecule has 8 nitrogen and oxygen atoms in total. The third-order valence-electron chi connectivity index (χ3n) is 6.51. The molecular formula is C22H23ClN6O2S. The predicted molar refractivity (Wildman–Crippen MR) is 124 cm³/mol. The minimum absolute atomic E-state index is 0. The van der Waals surface area contributed by atoms with Crippen molar-refractivity contribution in [2.45, 2.75) is 28.8 Å². The third kappa shape index (κ3) is 3.32. The van der Waals surface area contributed by atoms with Crippen LogP contribution >= 0.6 is 12.4 Å². The van der Waals surface area contributed by atoms with Gasteiger partial charge in [-0.25, -0.2) is 13.4 Å². The number of piperidine rings is 3. The first-order valence-corrected chi connectivity index (χ1v) is 12.0. The molecule has 0 aliphatic carbocycles. The number of hydrogen-bond donors (Lipinski definition) is 1. The Balaban J connectivity index is 0.00000216. The Kier molecular flexibility index (Phi) is 5.27. The summed E-state index contributed by atoms with van der Waals surface area (Å²) in [5, 5.41) is 12.6. The number of aromatic nitrogens is 4. The second kappa shape index (κ2) is 7.99. The van der Waals surface area contributed by atoms with Crippen LogP contribution in [0.5, 0.6) is 0 Å². The van der Waals surface area contributed by atoms with Crippen molar-refractivity contribution in [2.24, 2.45) is 5.92 Å². The monoisotopic (exact) mass is 470 g/mol. The van der Waals surface area contributed by atoms with E-state index in [1.165, 1.54) is 17.4 Å². The fourth-order valence-electron chi connectivity index (χ4n) is 4.84. The first kappa shape index (κ1) is 21.1. The third-order valence-corrected chi connectivity index (χ3v) is 8.17. The minimum atomic E-state index is -3.84. The molecule has 3 saturated heterocycles. The van der Waals surface area contributed by atoms with E-state index < -0.39 is 9.84 Å². The van der Waals surface area contributed by atoms with Crippen LogP contribution in [0.4, 0.5) is 5.82 Å². The molecule has 2 aromatic heterocycles. The highest BCUT2D eigenvalue weighted by Gasteiger charge is 2.35. The van der Waals surface area contributed by atoms with E-state index in [-0.39, 0.29) is 28.0 Å². The zero-order valence-electron chi connectivity index (χ0n) is 17.3. The highest BCUT2D eigenvalue weighted by atomic mass is 35.5. The fourth-order valence-corrected chi connectivity index (χ4v) is 6.10. The zero-order valence-corrected chi connectivity index (χ0v) is 18.9. The molecule has 2 aromatic carbocycles. The topological polar surface area (TPSA) is 92.5 Å². The Bertz CT molecular complexity index is 1380. The van der Waals surface area contributed by atoms with Crippen LogP contribution in [0.3, 0.4) is 0 Å². The molecule has 0 spiro atoms. The summed E-state index contributed by atoms with van der Waals surface area (Å²) in [7, 11) is -3.84. The van der Waals surface area contributed by atoms with Crippen LogP contribution in [-0.4, -0.2) is 58.8 Å². The van der Waals surface area contributed by atoms with Crippen LogP contribution in [0.1, 0.15) is 12.8 Å². The van der Waals surface area contributed by atoms with Crippen molar-refractivity contribution in [3.8, 4) is 0 Å². The molecule has 4 aromatic rings. The van der Waals surface area contributed by atoms with Crippen molar-refractivity contribution in [2.75, 3.05) is 25.0 Å². The highest BCUT2D eigenvalue weighted by molar-refractivity contribution is 7.91. The van der Waals surface area contributed by atoms with Gasteiger partial charge in [0, 0.05) is 18.0 Å². The van der Waals surface area contributed by atoms with Crippen LogP contribution in [-0.2, 0) is 9.84 Å². The molecule has 32 heavy (non-hydrogen) atoms. The van der Waals surface area contributed by atoms with Crippen molar-refractivity contribution >= 4 is 44.6 Å². The van der Waals surface area contributed by atoms with Gasteiger partial charge in [-0.15, -0.1) is 17.5 Å². The van der Waals surface area contributed by atoms with Gasteiger partial charge >= 0.3 is 0 Å². The summed E-state index contributed by atoms with van der Waals surface area (Å²) in [5.74, 6) is 1.30. The number of rotatable bonds is 4. The molecule has 3 aliphatic rings. The van der Waals surface area contributed by atoms with E-state index in [4.69, 9.17) is 4.98 Å². The number of halogens is 1. The van der Waals surface area contributed by atoms with Crippen LogP contribution in [0, 0.1) is 5.92 Å². The molecule has 0 radical (unpaired) electrons. The summed E-state index contributed by atoms with van der Waals surface area (Å²) in [6.45, 7) is 3.29. The van der Waals surface area contributed by atoms with Crippen LogP contribution in [0.2, 0.25) is 0 Å². The van der Waals surface area contributed by atoms with Crippen molar-refractivity contribution in [1.29, 1.82) is 0 Å². The van der Waals surface area contributed by atoms with Gasteiger partial charge in [-0.2, -0.15) is 4.52 Å². The number of benzene rings is 2. The van der Waals surface area contributed by atoms with Crippen molar-refractivity contribution in [1.82, 2.24) is 24.7 Å². The molecule has 2 bridgehead atoms. The van der Waals surface area contributed by atoms with Crippen molar-refractivity contribution < 1.29 is 8.42 Å². The van der Waals surface area contributed by atoms with Crippen molar-refractivity contribution in [3.63, 3.8) is 0 Å². The average molecular weight is 471 g/mol. The standard InChI is InChI=1S/C22H22N6O2S.ClH/c29-31(30,16-6-2-1-3-7-16)22-21-24-20(23-18-14-27-12-10-15(18)11-13-27)17-8-4-5-9-19(17)28(21)26-25-22;/h1-9,15,18H,10-14H2,(H,23,24);1H. The van der Waals surface area contributed by atoms with E-state index in [1.807, 2.05) is 24.3 Å². The lowest BCUT2D eigenvalue weighted by Gasteiger charge is -2.45. The lowest BCUT2D eigenvalue weighted by molar-refractivity contribution is 0.0974. The summed E-state index contributed by atoms with van der Waals surface area (Å²) < 4.78 is 28.1. The maximum Gasteiger partial charge on any atom is 0.229 e. The van der Waals surface area contributed by atoms with E-state index in [0.717, 1.165) is 30.5 Å². The average Bonchev–Trinajstić information content (AvgIpc) is 3.26. The molecule has 1 unspecified atom stereocenters. The van der Waals surface area contributed by atoms with Crippen LogP contribution in [0.25, 0.3) is 16.6 Å². The summed E-state index contributed by atoms with van der Waals surface area (Å²) in [6, 6.07) is 16.4. The number of para-hydroxylation sites is 1. The Morgan fingerprint density at radius 2 is 1.69 bits per heavy atom. The lowest BCUT2D eigenvalue weighted by atomic mass is 9.84. The second-order valence-electron chi connectivity index (χ2n) is 8.31. The van der Waals surface area contributed by atoms with E-state index in [9.17, 15) is 8.42 Å². The van der Waals surface area contributed by atoms with Gasteiger partial charge in [0.05, 0.1) is 10.4 Å². The van der Waals surface area contributed by atoms with Crippen molar-refractivity contribution in [3.05, 3.63) is 54.6 Å². The summed E-state index contributed by atoms with van der Waals surface area (Å²) in [5.41, 5.74) is 1.02. The Morgan fingerprint density at radius 1 is 0.969 bits per heavy atom. The molecule has 3 fully saturated rings. The first-order valence-electron chi connectivity index (χ1n) is 10.5. The normalized spacial score (nSPS) is 22.7. The molecule has 166 valence electrons. The number of sulfone groups is 1. The Labute approximate surface area is 192 Å². The fraction of sp³-hybridized carbons (Fsp3) is 0.318. The SMILES string of the molecule is Cl.O=S(=O)(c1ccccc1)c1nnn2c1nc(NC1CN3CCC1CC3)c1ccccc12. The number of hydrogen-bond acceptors (Lipinski definition) is 7. The first-order chi connectivity index (χ1) is 15.1. The van der Waals surface area contributed by atoms with Gasteiger partial charge in [-0.05, 0) is 56.1 Å². The largest absolute Gasteiger partial charge is 0.365 e. The molecule has 1 N–H and O–H groups in total. The van der Waals surface area contributed by atoms with E-state index in [1.54, 1.807) is 30.3 Å². The zero-order chi connectivity index (χ0) is 21.0. The predicted octanol–water partition coefficient (Wildman–Crippen LogP) is 3.04. The van der Waals surface area contributed by atoms with Gasteiger partial charge in [0.1, 0.15) is 5.82 Å². The Hall–Kier alpha value is -2.75. The van der Waals surface area contributed by atoms with Gasteiger partial charge in [-0.3, -0.25) is 0 Å². The summed E-state index contributed by atoms with van der Waals surface area (Å²) >= 11 is 0. The molecule has 0 saturated carbocycles. The number of nitrogens with zero attached hydrogens (tertiary/aromatic N) is 5. The van der Waals surface area contributed by atoms with Gasteiger partial charge in [0.25, 0.3) is 0 Å². The van der Waals surface area contributed by atoms with Gasteiger partial charge in [0.15, 0.2) is 5.65 Å². The number of anilines is 1. The Morgan fingerprint density at radius 3 is 2.41 bits per heavy atom. The molecule has 0 amide bonds. The number of nitrogens with one attached hydrogen (secondary N) is 1. The van der Waals surface area contributed by atoms with Gasteiger partial charge < -0.3 is 10.2 Å². The second-order valence-corrected chi connectivity index (χ2v) is 10.2. The summed E-state index contributed by atoms with van der Waals surface area (Å²) in [4.78, 5) is 7.42. The smallest absolute Gasteiger partial charge is 0.229 e. The molecule has 10 heteroatoms. The maximum atomic E-state index is 13.3. The molecule has 3 aliphatic heterocycles. The van der Waals surface area contributed by atoms with Gasteiger partial charge in [0.2, 0.25) is 14.9 Å². The lowest BCUT2D eigenvalue weighted by Crippen LogP contribution is -2.53. The molecule has 7 rings (SSSR count). The molecule has 5 heterocycles. The quantitative estimate of drug-likeness (QED) is 0.490. The van der Waals surface area contributed by atoms with E-state index >= 15 is 0 Å². The van der Waals surface area contributed by atoms with Crippen LogP contribution in [0.15, 0.2) is 64.5 Å². The number of fused-ring (bicyclic) bond motifs is 6. The van der Waals surface area contributed by atoms with Crippen LogP contribution < -0.4 is 5.32 Å². The van der Waals surface area contributed by atoms with E-state index in [0.29, 0.717) is 17.8 Å². The highest BCUT2D eigenvalue weighted by Crippen LogP contribution is 2.32. The summed E-state index contributed by atoms with van der Waals surface area (Å²) in [6.07, 6.45) is 2.36. The minimum Gasteiger partial charge on any atom is -0.365 e. The molecular weight excluding hydrogens is 448 g/mol. The maximum absolute atomic E-state index is 13.3. The van der Waals surface area contributed by atoms with Gasteiger partial charge in [-0.1, -0.05) is 35.5 Å².